The van der Waals surface area contributed by atoms with Crippen molar-refractivity contribution in [3.05, 3.63) is 74.6 Å². The number of amidine groups is 1. The van der Waals surface area contributed by atoms with Crippen molar-refractivity contribution in [1.82, 2.24) is 15.1 Å². The lowest BCUT2D eigenvalue weighted by Crippen LogP contribution is -2.23. The minimum Gasteiger partial charge on any atom is -0.489 e. The van der Waals surface area contributed by atoms with Gasteiger partial charge in [-0.25, -0.2) is 0 Å². The van der Waals surface area contributed by atoms with Crippen LogP contribution in [0.3, 0.4) is 0 Å². The fourth-order valence-corrected chi connectivity index (χ4v) is 4.43. The zero-order chi connectivity index (χ0) is 21.1. The Morgan fingerprint density at radius 1 is 1.17 bits per heavy atom. The van der Waals surface area contributed by atoms with E-state index in [4.69, 9.17) is 16.3 Å². The SMILES string of the molecule is Cc1nnc(/N=C2/S/C(=C\c3ccc(OCc4ccccc4Cl)cc3)C(=O)N2C)s1. The molecule has 1 aliphatic rings. The first-order valence-corrected chi connectivity index (χ1v) is 11.0. The number of thioether (sulfide) groups is 1. The summed E-state index contributed by atoms with van der Waals surface area (Å²) in [6, 6.07) is 15.1. The number of likely N-dealkylation sites (N-methyl/N-ethyl adjacent to an activating group) is 1. The molecule has 152 valence electrons. The number of amides is 1. The number of aliphatic imine (C=N–C) groups is 1. The van der Waals surface area contributed by atoms with E-state index in [0.717, 1.165) is 21.9 Å². The Hall–Kier alpha value is -2.68. The molecule has 0 atom stereocenters. The van der Waals surface area contributed by atoms with Crippen LogP contribution in [0.15, 0.2) is 58.4 Å². The molecule has 1 aliphatic heterocycles. The number of aryl methyl sites for hydroxylation is 1. The van der Waals surface area contributed by atoms with Crippen LogP contribution in [0.4, 0.5) is 5.13 Å². The van der Waals surface area contributed by atoms with Gasteiger partial charge in [-0.05, 0) is 48.5 Å². The topological polar surface area (TPSA) is 67.7 Å². The van der Waals surface area contributed by atoms with E-state index in [-0.39, 0.29) is 5.91 Å². The molecule has 2 aromatic carbocycles. The normalized spacial score (nSPS) is 16.6. The average Bonchev–Trinajstić information content (AvgIpc) is 3.27. The number of carbonyl (C=O) groups excluding carboxylic acids is 1. The largest absolute Gasteiger partial charge is 0.489 e. The van der Waals surface area contributed by atoms with Crippen LogP contribution in [0, 0.1) is 6.92 Å². The molecule has 1 aromatic heterocycles. The molecule has 30 heavy (non-hydrogen) atoms. The van der Waals surface area contributed by atoms with E-state index in [1.54, 1.807) is 7.05 Å². The molecule has 0 aliphatic carbocycles. The van der Waals surface area contributed by atoms with E-state index in [0.29, 0.717) is 26.8 Å². The van der Waals surface area contributed by atoms with Crippen LogP contribution >= 0.6 is 34.7 Å². The monoisotopic (exact) mass is 456 g/mol. The van der Waals surface area contributed by atoms with Gasteiger partial charge in [0.1, 0.15) is 17.4 Å². The zero-order valence-corrected chi connectivity index (χ0v) is 18.6. The molecule has 2 heterocycles. The standard InChI is InChI=1S/C21H17ClN4O2S2/c1-13-24-25-20(29-13)23-21-26(2)19(27)18(30-21)11-14-7-9-16(10-8-14)28-12-15-5-3-4-6-17(15)22/h3-11H,12H2,1-2H3/b18-11-,23-21+. The van der Waals surface area contributed by atoms with Crippen LogP contribution in [0.1, 0.15) is 16.1 Å². The second kappa shape index (κ2) is 8.99. The Morgan fingerprint density at radius 2 is 1.93 bits per heavy atom. The molecule has 0 bridgehead atoms. The van der Waals surface area contributed by atoms with Gasteiger partial charge in [0.05, 0.1) is 4.91 Å². The number of hydrogen-bond donors (Lipinski definition) is 0. The van der Waals surface area contributed by atoms with Crippen LogP contribution < -0.4 is 4.74 Å². The molecule has 1 amide bonds. The van der Waals surface area contributed by atoms with Gasteiger partial charge in [0, 0.05) is 17.6 Å². The van der Waals surface area contributed by atoms with Gasteiger partial charge in [-0.15, -0.1) is 10.2 Å². The van der Waals surface area contributed by atoms with Gasteiger partial charge in [-0.1, -0.05) is 53.3 Å². The molecule has 0 unspecified atom stereocenters. The highest BCUT2D eigenvalue weighted by atomic mass is 35.5. The molecular weight excluding hydrogens is 440 g/mol. The third-order valence-corrected chi connectivity index (χ3v) is 6.40. The fraction of sp³-hybridized carbons (Fsp3) is 0.143. The first-order chi connectivity index (χ1) is 14.5. The van der Waals surface area contributed by atoms with Crippen molar-refractivity contribution < 1.29 is 9.53 Å². The van der Waals surface area contributed by atoms with E-state index in [1.807, 2.05) is 61.5 Å². The van der Waals surface area contributed by atoms with Crippen LogP contribution in [0.2, 0.25) is 5.02 Å². The summed E-state index contributed by atoms with van der Waals surface area (Å²) in [6.45, 7) is 2.26. The van der Waals surface area contributed by atoms with Crippen LogP contribution in [-0.4, -0.2) is 33.2 Å². The Balaban J connectivity index is 1.45. The van der Waals surface area contributed by atoms with Crippen molar-refractivity contribution in [3.63, 3.8) is 0 Å². The summed E-state index contributed by atoms with van der Waals surface area (Å²) in [7, 11) is 1.70. The van der Waals surface area contributed by atoms with E-state index >= 15 is 0 Å². The number of nitrogens with zero attached hydrogens (tertiary/aromatic N) is 4. The number of aromatic nitrogens is 2. The summed E-state index contributed by atoms with van der Waals surface area (Å²) in [5.41, 5.74) is 1.83. The average molecular weight is 457 g/mol. The number of hydrogen-bond acceptors (Lipinski definition) is 7. The maximum absolute atomic E-state index is 12.6. The minimum absolute atomic E-state index is 0.0981. The van der Waals surface area contributed by atoms with Crippen molar-refractivity contribution in [3.8, 4) is 5.75 Å². The molecule has 6 nitrogen and oxygen atoms in total. The number of benzene rings is 2. The lowest BCUT2D eigenvalue weighted by atomic mass is 10.2. The highest BCUT2D eigenvalue weighted by molar-refractivity contribution is 8.18. The smallest absolute Gasteiger partial charge is 0.266 e. The summed E-state index contributed by atoms with van der Waals surface area (Å²) in [6.07, 6.45) is 1.84. The van der Waals surface area contributed by atoms with E-state index in [1.165, 1.54) is 28.0 Å². The minimum atomic E-state index is -0.0981. The third-order valence-electron chi connectivity index (χ3n) is 4.24. The van der Waals surface area contributed by atoms with Crippen LogP contribution in [0.5, 0.6) is 5.75 Å². The lowest BCUT2D eigenvalue weighted by molar-refractivity contribution is -0.121. The molecule has 0 spiro atoms. The first kappa shape index (κ1) is 20.6. The van der Waals surface area contributed by atoms with Gasteiger partial charge in [0.25, 0.3) is 5.91 Å². The Bertz CT molecular complexity index is 1140. The van der Waals surface area contributed by atoms with Crippen LogP contribution in [0.25, 0.3) is 6.08 Å². The molecule has 1 saturated heterocycles. The molecular formula is C21H17ClN4O2S2. The Kier molecular flexibility index (Phi) is 6.17. The van der Waals surface area contributed by atoms with Gasteiger partial charge >= 0.3 is 0 Å². The molecule has 0 radical (unpaired) electrons. The maximum atomic E-state index is 12.6. The van der Waals surface area contributed by atoms with E-state index in [9.17, 15) is 4.79 Å². The van der Waals surface area contributed by atoms with E-state index in [2.05, 4.69) is 15.2 Å². The summed E-state index contributed by atoms with van der Waals surface area (Å²) < 4.78 is 5.81. The quantitative estimate of drug-likeness (QED) is 0.486. The van der Waals surface area contributed by atoms with Crippen molar-refractivity contribution in [2.75, 3.05) is 7.05 Å². The molecule has 0 N–H and O–H groups in total. The zero-order valence-electron chi connectivity index (χ0n) is 16.2. The molecule has 9 heteroatoms. The van der Waals surface area contributed by atoms with Crippen molar-refractivity contribution >= 4 is 57.0 Å². The van der Waals surface area contributed by atoms with Gasteiger partial charge in [-0.3, -0.25) is 9.69 Å². The summed E-state index contributed by atoms with van der Waals surface area (Å²) in [5, 5.41) is 10.6. The van der Waals surface area contributed by atoms with Crippen LogP contribution in [-0.2, 0) is 11.4 Å². The highest BCUT2D eigenvalue weighted by Crippen LogP contribution is 2.34. The predicted octanol–water partition coefficient (Wildman–Crippen LogP) is 5.31. The fourth-order valence-electron chi connectivity index (χ4n) is 2.65. The van der Waals surface area contributed by atoms with Crippen molar-refractivity contribution in [1.29, 1.82) is 0 Å². The molecule has 3 aromatic rings. The summed E-state index contributed by atoms with van der Waals surface area (Å²) in [4.78, 5) is 19.1. The Morgan fingerprint density at radius 3 is 2.63 bits per heavy atom. The van der Waals surface area contributed by atoms with Gasteiger partial charge in [-0.2, -0.15) is 4.99 Å². The summed E-state index contributed by atoms with van der Waals surface area (Å²) in [5.74, 6) is 0.632. The van der Waals surface area contributed by atoms with Crippen molar-refractivity contribution in [2.24, 2.45) is 4.99 Å². The third kappa shape index (κ3) is 4.72. The Labute approximate surface area is 187 Å². The number of rotatable bonds is 5. The first-order valence-electron chi connectivity index (χ1n) is 9.02. The van der Waals surface area contributed by atoms with Gasteiger partial charge in [0.2, 0.25) is 5.13 Å². The predicted molar refractivity (Wildman–Crippen MR) is 122 cm³/mol. The second-order valence-corrected chi connectivity index (χ2v) is 9.00. The second-order valence-electron chi connectivity index (χ2n) is 6.42. The highest BCUT2D eigenvalue weighted by Gasteiger charge is 2.30. The molecule has 0 saturated carbocycles. The molecule has 1 fully saturated rings. The van der Waals surface area contributed by atoms with E-state index < -0.39 is 0 Å². The number of ether oxygens (including phenoxy) is 1. The number of carbonyl (C=O) groups is 1. The summed E-state index contributed by atoms with van der Waals surface area (Å²) >= 11 is 8.86. The maximum Gasteiger partial charge on any atom is 0.266 e. The lowest BCUT2D eigenvalue weighted by Gasteiger charge is -2.08. The number of halogens is 1. The van der Waals surface area contributed by atoms with Gasteiger partial charge < -0.3 is 4.74 Å². The molecule has 4 rings (SSSR count). The van der Waals surface area contributed by atoms with Gasteiger partial charge in [0.15, 0.2) is 5.17 Å². The van der Waals surface area contributed by atoms with Crippen molar-refractivity contribution in [2.45, 2.75) is 13.5 Å².